The molecule has 3 aromatic heterocycles. The highest BCUT2D eigenvalue weighted by Crippen LogP contribution is 2.38. The minimum absolute atomic E-state index is 0.0642. The van der Waals surface area contributed by atoms with Gasteiger partial charge in [-0.3, -0.25) is 44.2 Å². The van der Waals surface area contributed by atoms with E-state index in [1.54, 1.807) is 30.2 Å². The SMILES string of the molecule is O=C1CC[C@H](Nc2ccc(C3CCN(CC(=O)N4CCC(n5cc(-c6cc(F)c7c(c6)C(=O)N(C(C(=O)Nc6nccs6)c6ncn8c6CCC8)C7)cn5)CC4)CC3)cc2)C(=O)N1. The van der Waals surface area contributed by atoms with Gasteiger partial charge in [0.05, 0.1) is 37.3 Å². The summed E-state index contributed by atoms with van der Waals surface area (Å²) >= 11 is 1.27. The van der Waals surface area contributed by atoms with Gasteiger partial charge in [0, 0.05) is 71.9 Å². The van der Waals surface area contributed by atoms with E-state index in [9.17, 15) is 24.0 Å². The third-order valence-electron chi connectivity index (χ3n) is 13.3. The van der Waals surface area contributed by atoms with Crippen LogP contribution in [0.3, 0.4) is 0 Å². The summed E-state index contributed by atoms with van der Waals surface area (Å²) in [4.78, 5) is 79.4. The first-order valence-electron chi connectivity index (χ1n) is 21.8. The highest BCUT2D eigenvalue weighted by Gasteiger charge is 2.42. The fraction of sp³-hybridized carbons (Fsp3) is 0.422. The molecule has 1 unspecified atom stereocenters. The summed E-state index contributed by atoms with van der Waals surface area (Å²) in [7, 11) is 0. The lowest BCUT2D eigenvalue weighted by atomic mass is 9.89. The molecule has 5 aliphatic heterocycles. The van der Waals surface area contributed by atoms with Crippen molar-refractivity contribution in [3.05, 3.63) is 101 Å². The van der Waals surface area contributed by atoms with Gasteiger partial charge in [0.1, 0.15) is 11.9 Å². The number of amides is 5. The zero-order valence-corrected chi connectivity index (χ0v) is 35.5. The van der Waals surface area contributed by atoms with E-state index in [-0.39, 0.29) is 41.4 Å². The van der Waals surface area contributed by atoms with Crippen LogP contribution < -0.4 is 16.0 Å². The Bertz CT molecular complexity index is 2560. The van der Waals surface area contributed by atoms with E-state index >= 15 is 4.39 Å². The molecule has 3 N–H and O–H groups in total. The Morgan fingerprint density at radius 1 is 0.937 bits per heavy atom. The van der Waals surface area contributed by atoms with E-state index in [1.807, 2.05) is 32.5 Å². The zero-order valence-electron chi connectivity index (χ0n) is 34.7. The number of carbonyl (C=O) groups is 5. The van der Waals surface area contributed by atoms with Crippen LogP contribution in [0.2, 0.25) is 0 Å². The minimum Gasteiger partial charge on any atom is -0.374 e. The number of halogens is 1. The topological polar surface area (TPSA) is 180 Å². The molecule has 18 heteroatoms. The van der Waals surface area contributed by atoms with Gasteiger partial charge in [-0.15, -0.1) is 11.3 Å². The molecule has 0 aliphatic carbocycles. The second-order valence-corrected chi connectivity index (χ2v) is 18.1. The first-order valence-corrected chi connectivity index (χ1v) is 22.7. The van der Waals surface area contributed by atoms with Crippen molar-refractivity contribution in [1.29, 1.82) is 0 Å². The van der Waals surface area contributed by atoms with Gasteiger partial charge in [-0.05, 0) is 99.3 Å². The molecule has 5 aliphatic rings. The molecule has 16 nitrogen and oxygen atoms in total. The molecule has 10 rings (SSSR count). The second kappa shape index (κ2) is 17.1. The number of fused-ring (bicyclic) bond motifs is 2. The Labute approximate surface area is 366 Å². The molecule has 3 fully saturated rings. The monoisotopic (exact) mass is 873 g/mol. The smallest absolute Gasteiger partial charge is 0.255 e. The first kappa shape index (κ1) is 40.8. The molecule has 2 atom stereocenters. The van der Waals surface area contributed by atoms with Crippen LogP contribution in [0.5, 0.6) is 0 Å². The summed E-state index contributed by atoms with van der Waals surface area (Å²) in [6.45, 7) is 4.01. The van der Waals surface area contributed by atoms with E-state index in [2.05, 4.69) is 48.0 Å². The van der Waals surface area contributed by atoms with Crippen LogP contribution in [-0.4, -0.2) is 107 Å². The minimum atomic E-state index is -1.06. The Morgan fingerprint density at radius 2 is 1.75 bits per heavy atom. The van der Waals surface area contributed by atoms with Crippen molar-refractivity contribution in [2.24, 2.45) is 0 Å². The van der Waals surface area contributed by atoms with Crippen LogP contribution in [0.4, 0.5) is 15.2 Å². The molecule has 326 valence electrons. The third-order valence-corrected chi connectivity index (χ3v) is 14.0. The average molecular weight is 874 g/mol. The van der Waals surface area contributed by atoms with Crippen molar-refractivity contribution in [3.63, 3.8) is 0 Å². The van der Waals surface area contributed by atoms with E-state index in [0.717, 1.165) is 69.5 Å². The molecule has 63 heavy (non-hydrogen) atoms. The Balaban J connectivity index is 0.728. The fourth-order valence-electron chi connectivity index (χ4n) is 9.83. The van der Waals surface area contributed by atoms with Crippen LogP contribution in [0, 0.1) is 5.82 Å². The molecule has 8 heterocycles. The normalized spacial score (nSPS) is 20.1. The number of rotatable bonds is 11. The van der Waals surface area contributed by atoms with Gasteiger partial charge in [0.25, 0.3) is 11.8 Å². The largest absolute Gasteiger partial charge is 0.374 e. The molecule has 0 bridgehead atoms. The number of benzene rings is 2. The van der Waals surface area contributed by atoms with E-state index in [0.29, 0.717) is 60.3 Å². The molecular weight excluding hydrogens is 826 g/mol. The van der Waals surface area contributed by atoms with Crippen LogP contribution >= 0.6 is 11.3 Å². The number of aryl methyl sites for hydroxylation is 1. The van der Waals surface area contributed by atoms with Gasteiger partial charge in [-0.25, -0.2) is 14.4 Å². The first-order chi connectivity index (χ1) is 30.6. The predicted molar refractivity (Wildman–Crippen MR) is 231 cm³/mol. The molecule has 2 aromatic carbocycles. The van der Waals surface area contributed by atoms with Gasteiger partial charge in [-0.2, -0.15) is 5.10 Å². The quantitative estimate of drug-likeness (QED) is 0.155. The number of thiazole rings is 1. The highest BCUT2D eigenvalue weighted by atomic mass is 32.1. The van der Waals surface area contributed by atoms with Crippen LogP contribution in [0.1, 0.15) is 95.8 Å². The van der Waals surface area contributed by atoms with E-state index < -0.39 is 29.7 Å². The van der Waals surface area contributed by atoms with Crippen molar-refractivity contribution < 1.29 is 28.4 Å². The number of nitrogens with one attached hydrogen (secondary N) is 3. The fourth-order valence-corrected chi connectivity index (χ4v) is 10.4. The van der Waals surface area contributed by atoms with E-state index in [1.165, 1.54) is 27.9 Å². The van der Waals surface area contributed by atoms with Crippen molar-refractivity contribution in [2.75, 3.05) is 43.4 Å². The van der Waals surface area contributed by atoms with Crippen LogP contribution in [0.15, 0.2) is 66.7 Å². The van der Waals surface area contributed by atoms with E-state index in [4.69, 9.17) is 0 Å². The Kier molecular flexibility index (Phi) is 11.1. The van der Waals surface area contributed by atoms with Crippen molar-refractivity contribution in [3.8, 4) is 11.1 Å². The number of imidazole rings is 1. The molecule has 0 radical (unpaired) electrons. The highest BCUT2D eigenvalue weighted by molar-refractivity contribution is 7.13. The molecule has 5 amide bonds. The lowest BCUT2D eigenvalue weighted by Crippen LogP contribution is -2.47. The number of nitrogens with zero attached hydrogens (tertiary/aromatic N) is 8. The number of anilines is 2. The lowest BCUT2D eigenvalue weighted by Gasteiger charge is -2.36. The van der Waals surface area contributed by atoms with Gasteiger partial charge >= 0.3 is 0 Å². The van der Waals surface area contributed by atoms with Crippen molar-refractivity contribution >= 4 is 51.7 Å². The summed E-state index contributed by atoms with van der Waals surface area (Å²) in [6.07, 6.45) is 12.7. The third kappa shape index (κ3) is 8.24. The maximum atomic E-state index is 16.0. The molecule has 0 saturated carbocycles. The number of piperidine rings is 3. The standard InChI is InChI=1S/C45H48FN11O5S/c46-35-21-29(20-33-34(35)24-56(44(33)62)41(43(61)52-45-47-13-19-63-45)40-37-2-1-14-55(37)26-48-40)30-22-49-57(23-30)32-11-17-54(18-12-32)39(59)25-53-15-9-28(10-16-53)27-3-5-31(6-4-27)50-36-7-8-38(58)51-42(36)60/h3-6,13,19-23,26,28,32,36,41,50H,1-2,7-12,14-18,24-25H2,(H,47,52,61)(H,51,58,60)/t36-,41?/m0/s1. The summed E-state index contributed by atoms with van der Waals surface area (Å²) in [6, 6.07) is 9.89. The summed E-state index contributed by atoms with van der Waals surface area (Å²) in [5.41, 5.74) is 5.16. The molecular formula is C45H48FN11O5S. The molecule has 5 aromatic rings. The number of hydrogen-bond donors (Lipinski definition) is 3. The van der Waals surface area contributed by atoms with Gasteiger partial charge in [0.2, 0.25) is 17.7 Å². The van der Waals surface area contributed by atoms with Gasteiger partial charge < -0.3 is 19.7 Å². The average Bonchev–Trinajstić information content (AvgIpc) is 4.15. The molecule has 0 spiro atoms. The Morgan fingerprint density at radius 3 is 2.51 bits per heavy atom. The number of likely N-dealkylation sites (tertiary alicyclic amines) is 2. The summed E-state index contributed by atoms with van der Waals surface area (Å²) < 4.78 is 19.9. The number of carbonyl (C=O) groups excluding carboxylic acids is 5. The van der Waals surface area contributed by atoms with Crippen molar-refractivity contribution in [1.82, 2.24) is 44.3 Å². The lowest BCUT2D eigenvalue weighted by molar-refractivity contribution is -0.135. The van der Waals surface area contributed by atoms with Gasteiger partial charge in [0.15, 0.2) is 11.2 Å². The van der Waals surface area contributed by atoms with Gasteiger partial charge in [-0.1, -0.05) is 12.1 Å². The van der Waals surface area contributed by atoms with Crippen LogP contribution in [-0.2, 0) is 38.7 Å². The maximum absolute atomic E-state index is 16.0. The number of hydrogen-bond acceptors (Lipinski definition) is 11. The summed E-state index contributed by atoms with van der Waals surface area (Å²) in [5, 5.41) is 15.3. The number of imide groups is 1. The summed E-state index contributed by atoms with van der Waals surface area (Å²) in [5.74, 6) is -1.40. The zero-order chi connectivity index (χ0) is 43.2. The second-order valence-electron chi connectivity index (χ2n) is 17.2. The maximum Gasteiger partial charge on any atom is 0.255 e. The molecule has 3 saturated heterocycles. The Hall–Kier alpha value is -6.27. The number of aromatic nitrogens is 5. The van der Waals surface area contributed by atoms with Crippen LogP contribution in [0.25, 0.3) is 11.1 Å². The van der Waals surface area contributed by atoms with Crippen molar-refractivity contribution in [2.45, 2.75) is 88.5 Å². The predicted octanol–water partition coefficient (Wildman–Crippen LogP) is 4.88.